The van der Waals surface area contributed by atoms with Gasteiger partial charge in [0.25, 0.3) is 11.8 Å². The first-order valence-electron chi connectivity index (χ1n) is 9.99. The molecule has 30 heavy (non-hydrogen) atoms. The topological polar surface area (TPSA) is 91.6 Å². The number of imide groups is 1. The van der Waals surface area contributed by atoms with E-state index >= 15 is 0 Å². The van der Waals surface area contributed by atoms with E-state index in [0.29, 0.717) is 36.7 Å². The maximum Gasteiger partial charge on any atom is 0.261 e. The molecule has 1 aliphatic heterocycles. The Labute approximate surface area is 194 Å². The molecule has 2 aromatic rings. The van der Waals surface area contributed by atoms with Gasteiger partial charge in [-0.15, -0.1) is 24.0 Å². The van der Waals surface area contributed by atoms with E-state index in [0.717, 1.165) is 30.9 Å². The van der Waals surface area contributed by atoms with Crippen molar-refractivity contribution in [1.82, 2.24) is 25.3 Å². The molecule has 1 aliphatic rings. The van der Waals surface area contributed by atoms with Crippen molar-refractivity contribution in [3.63, 3.8) is 0 Å². The molecule has 3 rings (SSSR count). The van der Waals surface area contributed by atoms with E-state index in [9.17, 15) is 9.59 Å². The number of amides is 2. The molecule has 1 aromatic carbocycles. The molecule has 2 amide bonds. The summed E-state index contributed by atoms with van der Waals surface area (Å²) in [6.45, 7) is 8.97. The van der Waals surface area contributed by atoms with E-state index in [-0.39, 0.29) is 35.8 Å². The maximum absolute atomic E-state index is 12.4. The maximum atomic E-state index is 12.4. The first kappa shape index (κ1) is 23.8. The van der Waals surface area contributed by atoms with Crippen molar-refractivity contribution in [3.05, 3.63) is 52.8 Å². The number of carbonyl (C=O) groups is 2. The first-order valence-corrected chi connectivity index (χ1v) is 9.99. The second kappa shape index (κ2) is 11.1. The average Bonchev–Trinajstić information content (AvgIpc) is 3.15. The van der Waals surface area contributed by atoms with Crippen LogP contribution in [0.1, 0.15) is 45.4 Å². The molecular weight excluding hydrogens is 495 g/mol. The van der Waals surface area contributed by atoms with Crippen molar-refractivity contribution in [3.8, 4) is 0 Å². The number of fused-ring (bicyclic) bond motifs is 1. The number of rotatable bonds is 8. The normalized spacial score (nSPS) is 13.3. The standard InChI is InChI=1S/C21H28N6O2.HI/c1-4-22-21(23-10-7-12-27-16(3)14-15(2)25-27)24-11-13-26-19(28)17-8-5-6-9-18(17)20(26)29;/h5-6,8-9,14H,4,7,10-13H2,1-3H3,(H2,22,23,24);1H. The van der Waals surface area contributed by atoms with Gasteiger partial charge < -0.3 is 10.6 Å². The zero-order valence-electron chi connectivity index (χ0n) is 17.6. The number of guanidine groups is 1. The number of aryl methyl sites for hydroxylation is 3. The third-order valence-corrected chi connectivity index (χ3v) is 4.75. The Morgan fingerprint density at radius 1 is 1.07 bits per heavy atom. The largest absolute Gasteiger partial charge is 0.357 e. The summed E-state index contributed by atoms with van der Waals surface area (Å²) < 4.78 is 1.99. The number of aromatic nitrogens is 2. The van der Waals surface area contributed by atoms with Gasteiger partial charge in [-0.2, -0.15) is 5.10 Å². The second-order valence-electron chi connectivity index (χ2n) is 7.00. The van der Waals surface area contributed by atoms with E-state index < -0.39 is 0 Å². The number of halogens is 1. The highest BCUT2D eigenvalue weighted by molar-refractivity contribution is 14.0. The van der Waals surface area contributed by atoms with Crippen LogP contribution >= 0.6 is 24.0 Å². The number of aliphatic imine (C=N–C) groups is 1. The smallest absolute Gasteiger partial charge is 0.261 e. The zero-order chi connectivity index (χ0) is 20.8. The number of nitrogens with zero attached hydrogens (tertiary/aromatic N) is 4. The molecule has 2 N–H and O–H groups in total. The minimum Gasteiger partial charge on any atom is -0.357 e. The van der Waals surface area contributed by atoms with Crippen LogP contribution in [0.5, 0.6) is 0 Å². The van der Waals surface area contributed by atoms with Gasteiger partial charge >= 0.3 is 0 Å². The van der Waals surface area contributed by atoms with Gasteiger partial charge in [-0.25, -0.2) is 0 Å². The van der Waals surface area contributed by atoms with Gasteiger partial charge in [-0.1, -0.05) is 12.1 Å². The summed E-state index contributed by atoms with van der Waals surface area (Å²) >= 11 is 0. The Morgan fingerprint density at radius 2 is 1.73 bits per heavy atom. The lowest BCUT2D eigenvalue weighted by Crippen LogP contribution is -2.43. The van der Waals surface area contributed by atoms with Crippen LogP contribution in [0, 0.1) is 13.8 Å². The van der Waals surface area contributed by atoms with Crippen LogP contribution in [0.25, 0.3) is 0 Å². The summed E-state index contributed by atoms with van der Waals surface area (Å²) in [5.41, 5.74) is 3.12. The van der Waals surface area contributed by atoms with Crippen LogP contribution in [-0.4, -0.2) is 58.6 Å². The Bertz CT molecular complexity index is 889. The number of hydrogen-bond acceptors (Lipinski definition) is 4. The molecule has 2 heterocycles. The third kappa shape index (κ3) is 5.59. The predicted molar refractivity (Wildman–Crippen MR) is 128 cm³/mol. The Kier molecular flexibility index (Phi) is 8.82. The highest BCUT2D eigenvalue weighted by Crippen LogP contribution is 2.21. The van der Waals surface area contributed by atoms with Crippen molar-refractivity contribution in [2.45, 2.75) is 33.7 Å². The molecule has 0 spiro atoms. The molecule has 0 saturated heterocycles. The minimum atomic E-state index is -0.237. The first-order chi connectivity index (χ1) is 14.0. The molecule has 162 valence electrons. The van der Waals surface area contributed by atoms with Crippen molar-refractivity contribution < 1.29 is 9.59 Å². The van der Waals surface area contributed by atoms with Crippen molar-refractivity contribution in [2.24, 2.45) is 4.99 Å². The monoisotopic (exact) mass is 524 g/mol. The third-order valence-electron chi connectivity index (χ3n) is 4.75. The fourth-order valence-electron chi connectivity index (χ4n) is 3.38. The average molecular weight is 524 g/mol. The van der Waals surface area contributed by atoms with Gasteiger partial charge in [0.1, 0.15) is 0 Å². The number of carbonyl (C=O) groups excluding carboxylic acids is 2. The van der Waals surface area contributed by atoms with Crippen molar-refractivity contribution in [2.75, 3.05) is 26.2 Å². The summed E-state index contributed by atoms with van der Waals surface area (Å²) in [6, 6.07) is 8.99. The van der Waals surface area contributed by atoms with Gasteiger partial charge in [0, 0.05) is 38.4 Å². The van der Waals surface area contributed by atoms with Crippen molar-refractivity contribution in [1.29, 1.82) is 0 Å². The van der Waals surface area contributed by atoms with Gasteiger partial charge in [0.2, 0.25) is 0 Å². The molecule has 9 heteroatoms. The minimum absolute atomic E-state index is 0. The Hall–Kier alpha value is -2.43. The van der Waals surface area contributed by atoms with E-state index in [2.05, 4.69) is 26.8 Å². The number of benzene rings is 1. The summed E-state index contributed by atoms with van der Waals surface area (Å²) in [7, 11) is 0. The SMILES string of the molecule is CCNC(=NCCCn1nc(C)cc1C)NCCN1C(=O)c2ccccc2C1=O.I. The van der Waals surface area contributed by atoms with Crippen LogP contribution in [0.4, 0.5) is 0 Å². The van der Waals surface area contributed by atoms with E-state index in [1.807, 2.05) is 25.5 Å². The molecule has 0 radical (unpaired) electrons. The lowest BCUT2D eigenvalue weighted by Gasteiger charge is -2.16. The van der Waals surface area contributed by atoms with E-state index in [1.165, 1.54) is 4.90 Å². The van der Waals surface area contributed by atoms with Crippen molar-refractivity contribution >= 4 is 41.8 Å². The molecule has 0 atom stereocenters. The molecule has 1 aromatic heterocycles. The molecule has 0 bridgehead atoms. The van der Waals surface area contributed by atoms with Gasteiger partial charge in [0.05, 0.1) is 16.8 Å². The summed E-state index contributed by atoms with van der Waals surface area (Å²) in [5.74, 6) is 0.205. The second-order valence-corrected chi connectivity index (χ2v) is 7.00. The summed E-state index contributed by atoms with van der Waals surface area (Å²) in [4.78, 5) is 30.7. The van der Waals surface area contributed by atoms with E-state index in [1.54, 1.807) is 24.3 Å². The van der Waals surface area contributed by atoms with Gasteiger partial charge in [-0.05, 0) is 45.4 Å². The van der Waals surface area contributed by atoms with Crippen LogP contribution in [-0.2, 0) is 6.54 Å². The van der Waals surface area contributed by atoms with Crippen LogP contribution in [0.15, 0.2) is 35.3 Å². The zero-order valence-corrected chi connectivity index (χ0v) is 20.0. The fraction of sp³-hybridized carbons (Fsp3) is 0.429. The highest BCUT2D eigenvalue weighted by atomic mass is 127. The predicted octanol–water partition coefficient (Wildman–Crippen LogP) is 2.36. The van der Waals surface area contributed by atoms with Gasteiger partial charge in [-0.3, -0.25) is 24.2 Å². The molecule has 0 unspecified atom stereocenters. The molecule has 8 nitrogen and oxygen atoms in total. The Morgan fingerprint density at radius 3 is 2.30 bits per heavy atom. The van der Waals surface area contributed by atoms with Crippen LogP contribution in [0.3, 0.4) is 0 Å². The lowest BCUT2D eigenvalue weighted by molar-refractivity contribution is 0.0657. The van der Waals surface area contributed by atoms with E-state index in [4.69, 9.17) is 0 Å². The highest BCUT2D eigenvalue weighted by Gasteiger charge is 2.34. The molecule has 0 saturated carbocycles. The Balaban J connectivity index is 0.00000320. The fourth-order valence-corrected chi connectivity index (χ4v) is 3.38. The van der Waals surface area contributed by atoms with Crippen LogP contribution in [0.2, 0.25) is 0 Å². The quantitative estimate of drug-likeness (QED) is 0.182. The van der Waals surface area contributed by atoms with Crippen LogP contribution < -0.4 is 10.6 Å². The number of nitrogens with one attached hydrogen (secondary N) is 2. The number of hydrogen-bond donors (Lipinski definition) is 2. The summed E-state index contributed by atoms with van der Waals surface area (Å²) in [6.07, 6.45) is 0.872. The summed E-state index contributed by atoms with van der Waals surface area (Å²) in [5, 5.41) is 10.8. The lowest BCUT2D eigenvalue weighted by atomic mass is 10.1. The molecule has 0 aliphatic carbocycles. The molecule has 0 fully saturated rings. The van der Waals surface area contributed by atoms with Gasteiger partial charge in [0.15, 0.2) is 5.96 Å². The molecular formula is C21H29IN6O2.